The maximum atomic E-state index is 5.94. The van der Waals surface area contributed by atoms with Crippen molar-refractivity contribution in [1.82, 2.24) is 14.9 Å². The van der Waals surface area contributed by atoms with Gasteiger partial charge < -0.3 is 15.5 Å². The third-order valence-electron chi connectivity index (χ3n) is 4.21. The van der Waals surface area contributed by atoms with Crippen LogP contribution in [-0.4, -0.2) is 53.3 Å². The summed E-state index contributed by atoms with van der Waals surface area (Å²) in [5, 5.41) is 3.35. The van der Waals surface area contributed by atoms with Gasteiger partial charge in [-0.05, 0) is 19.4 Å². The van der Waals surface area contributed by atoms with Crippen LogP contribution in [0, 0.1) is 0 Å². The average Bonchev–Trinajstić information content (AvgIpc) is 3.00. The van der Waals surface area contributed by atoms with Gasteiger partial charge in [0, 0.05) is 31.6 Å². The largest absolute Gasteiger partial charge is 0.373 e. The van der Waals surface area contributed by atoms with Crippen LogP contribution in [0.2, 0.25) is 0 Å². The standard InChI is InChI=1S/C14H24N6O/c1-2-12-17-13(6-14(18-12)19-15)16-7-11-8-20-5-3-4-10(20)9-21-11/h6,10-11H,2-5,7-9,15H2,1H3,(H2,16,17,18,19). The summed E-state index contributed by atoms with van der Waals surface area (Å²) < 4.78 is 5.94. The average molecular weight is 292 g/mol. The van der Waals surface area contributed by atoms with Gasteiger partial charge in [-0.1, -0.05) is 6.92 Å². The van der Waals surface area contributed by atoms with E-state index < -0.39 is 0 Å². The lowest BCUT2D eigenvalue weighted by Gasteiger charge is -2.35. The Morgan fingerprint density at radius 1 is 1.43 bits per heavy atom. The summed E-state index contributed by atoms with van der Waals surface area (Å²) in [6.07, 6.45) is 3.57. The molecule has 2 aliphatic rings. The van der Waals surface area contributed by atoms with E-state index in [2.05, 4.69) is 25.6 Å². The molecule has 3 rings (SSSR count). The summed E-state index contributed by atoms with van der Waals surface area (Å²) in [6, 6.07) is 2.46. The lowest BCUT2D eigenvalue weighted by atomic mass is 10.2. The van der Waals surface area contributed by atoms with Gasteiger partial charge in [-0.25, -0.2) is 15.8 Å². The number of nitrogens with one attached hydrogen (secondary N) is 2. The molecular formula is C14H24N6O. The minimum Gasteiger partial charge on any atom is -0.373 e. The van der Waals surface area contributed by atoms with Crippen LogP contribution in [-0.2, 0) is 11.2 Å². The fraction of sp³-hybridized carbons (Fsp3) is 0.714. The number of aryl methyl sites for hydroxylation is 1. The highest BCUT2D eigenvalue weighted by molar-refractivity contribution is 5.46. The van der Waals surface area contributed by atoms with E-state index in [9.17, 15) is 0 Å². The second kappa shape index (κ2) is 6.55. The van der Waals surface area contributed by atoms with Crippen LogP contribution in [0.1, 0.15) is 25.6 Å². The van der Waals surface area contributed by atoms with E-state index in [1.54, 1.807) is 0 Å². The molecule has 2 aliphatic heterocycles. The maximum absolute atomic E-state index is 5.94. The Hall–Kier alpha value is -1.44. The van der Waals surface area contributed by atoms with E-state index in [1.807, 2.05) is 13.0 Å². The zero-order valence-electron chi connectivity index (χ0n) is 12.5. The molecule has 0 radical (unpaired) electrons. The Bertz CT molecular complexity index is 460. The van der Waals surface area contributed by atoms with Gasteiger partial charge in [-0.15, -0.1) is 0 Å². The minimum absolute atomic E-state index is 0.216. The molecule has 7 nitrogen and oxygen atoms in total. The van der Waals surface area contributed by atoms with Crippen molar-refractivity contribution in [1.29, 1.82) is 0 Å². The monoisotopic (exact) mass is 292 g/mol. The van der Waals surface area contributed by atoms with E-state index in [1.165, 1.54) is 19.4 Å². The molecule has 0 aliphatic carbocycles. The Labute approximate surface area is 125 Å². The summed E-state index contributed by atoms with van der Waals surface area (Å²) in [5.41, 5.74) is 2.58. The lowest BCUT2D eigenvalue weighted by molar-refractivity contribution is -0.0416. The number of hydrogen-bond acceptors (Lipinski definition) is 7. The lowest BCUT2D eigenvalue weighted by Crippen LogP contribution is -2.48. The van der Waals surface area contributed by atoms with E-state index in [0.717, 1.165) is 37.8 Å². The molecule has 0 amide bonds. The highest BCUT2D eigenvalue weighted by Crippen LogP contribution is 2.22. The topological polar surface area (TPSA) is 88.3 Å². The molecule has 1 aromatic heterocycles. The highest BCUT2D eigenvalue weighted by atomic mass is 16.5. The van der Waals surface area contributed by atoms with Gasteiger partial charge in [0.05, 0.1) is 12.7 Å². The third kappa shape index (κ3) is 3.42. The number of nitrogens with two attached hydrogens (primary N) is 1. The molecular weight excluding hydrogens is 268 g/mol. The third-order valence-corrected chi connectivity index (χ3v) is 4.21. The maximum Gasteiger partial charge on any atom is 0.145 e. The summed E-state index contributed by atoms with van der Waals surface area (Å²) in [6.45, 7) is 5.85. The van der Waals surface area contributed by atoms with Crippen LogP contribution < -0.4 is 16.6 Å². The predicted octanol–water partition coefficient (Wildman–Crippen LogP) is 0.600. The van der Waals surface area contributed by atoms with Gasteiger partial charge >= 0.3 is 0 Å². The van der Waals surface area contributed by atoms with Crippen LogP contribution in [0.3, 0.4) is 0 Å². The number of ether oxygens (including phenoxy) is 1. The van der Waals surface area contributed by atoms with Crippen LogP contribution >= 0.6 is 0 Å². The van der Waals surface area contributed by atoms with Crippen LogP contribution in [0.4, 0.5) is 11.6 Å². The van der Waals surface area contributed by atoms with Crippen molar-refractivity contribution in [2.45, 2.75) is 38.3 Å². The van der Waals surface area contributed by atoms with Crippen molar-refractivity contribution in [3.8, 4) is 0 Å². The SMILES string of the molecule is CCc1nc(NN)cc(NCC2CN3CCCC3CO2)n1. The summed E-state index contributed by atoms with van der Waals surface area (Å²) in [7, 11) is 0. The van der Waals surface area contributed by atoms with Crippen molar-refractivity contribution >= 4 is 11.6 Å². The van der Waals surface area contributed by atoms with E-state index >= 15 is 0 Å². The number of morpholine rings is 1. The van der Waals surface area contributed by atoms with Gasteiger partial charge in [0.2, 0.25) is 0 Å². The molecule has 2 fully saturated rings. The molecule has 7 heteroatoms. The molecule has 4 N–H and O–H groups in total. The predicted molar refractivity (Wildman–Crippen MR) is 82.0 cm³/mol. The second-order valence-corrected chi connectivity index (χ2v) is 5.68. The number of aromatic nitrogens is 2. The normalized spacial score (nSPS) is 25.6. The number of nitrogens with zero attached hydrogens (tertiary/aromatic N) is 3. The first kappa shape index (κ1) is 14.5. The second-order valence-electron chi connectivity index (χ2n) is 5.68. The van der Waals surface area contributed by atoms with Gasteiger partial charge in [0.15, 0.2) is 0 Å². The fourth-order valence-electron chi connectivity index (χ4n) is 3.05. The Morgan fingerprint density at radius 2 is 2.29 bits per heavy atom. The number of fused-ring (bicyclic) bond motifs is 1. The van der Waals surface area contributed by atoms with Crippen molar-refractivity contribution < 1.29 is 4.74 Å². The molecule has 0 spiro atoms. The zero-order chi connectivity index (χ0) is 14.7. The Balaban J connectivity index is 1.57. The number of anilines is 2. The number of nitrogen functional groups attached to an aromatic ring is 1. The molecule has 21 heavy (non-hydrogen) atoms. The minimum atomic E-state index is 0.216. The first-order valence-electron chi connectivity index (χ1n) is 7.72. The first-order valence-corrected chi connectivity index (χ1v) is 7.72. The van der Waals surface area contributed by atoms with E-state index in [0.29, 0.717) is 11.9 Å². The molecule has 2 unspecified atom stereocenters. The van der Waals surface area contributed by atoms with Gasteiger partial charge in [-0.2, -0.15) is 0 Å². The number of hydrazine groups is 1. The molecule has 3 heterocycles. The molecule has 0 saturated carbocycles. The molecule has 2 saturated heterocycles. The smallest absolute Gasteiger partial charge is 0.145 e. The van der Waals surface area contributed by atoms with Gasteiger partial charge in [0.1, 0.15) is 17.5 Å². The zero-order valence-corrected chi connectivity index (χ0v) is 12.5. The summed E-state index contributed by atoms with van der Waals surface area (Å²) >= 11 is 0. The van der Waals surface area contributed by atoms with Crippen molar-refractivity contribution in [2.75, 3.05) is 37.0 Å². The van der Waals surface area contributed by atoms with E-state index in [-0.39, 0.29) is 6.10 Å². The summed E-state index contributed by atoms with van der Waals surface area (Å²) in [5.74, 6) is 7.64. The van der Waals surface area contributed by atoms with Crippen LogP contribution in [0.15, 0.2) is 6.07 Å². The van der Waals surface area contributed by atoms with Crippen molar-refractivity contribution in [2.24, 2.45) is 5.84 Å². The number of rotatable bonds is 5. The highest BCUT2D eigenvalue weighted by Gasteiger charge is 2.31. The van der Waals surface area contributed by atoms with Crippen LogP contribution in [0.25, 0.3) is 0 Å². The molecule has 0 aromatic carbocycles. The molecule has 0 bridgehead atoms. The van der Waals surface area contributed by atoms with Gasteiger partial charge in [-0.3, -0.25) is 4.90 Å². The van der Waals surface area contributed by atoms with Crippen molar-refractivity contribution in [3.63, 3.8) is 0 Å². The Kier molecular flexibility index (Phi) is 4.52. The van der Waals surface area contributed by atoms with Gasteiger partial charge in [0.25, 0.3) is 0 Å². The van der Waals surface area contributed by atoms with Crippen LogP contribution in [0.5, 0.6) is 0 Å². The fourth-order valence-corrected chi connectivity index (χ4v) is 3.05. The molecule has 2 atom stereocenters. The molecule has 1 aromatic rings. The Morgan fingerprint density at radius 3 is 3.10 bits per heavy atom. The molecule has 116 valence electrons. The first-order chi connectivity index (χ1) is 10.3. The summed E-state index contributed by atoms with van der Waals surface area (Å²) in [4.78, 5) is 11.3. The quantitative estimate of drug-likeness (QED) is 0.541. The number of hydrogen-bond donors (Lipinski definition) is 3. The van der Waals surface area contributed by atoms with Crippen molar-refractivity contribution in [3.05, 3.63) is 11.9 Å². The van der Waals surface area contributed by atoms with E-state index in [4.69, 9.17) is 10.6 Å².